The molecule has 0 unspecified atom stereocenters. The topological polar surface area (TPSA) is 105 Å². The fraction of sp³-hybridized carbons (Fsp3) is 0.545. The monoisotopic (exact) mass is 299 g/mol. The van der Waals surface area contributed by atoms with E-state index in [1.165, 1.54) is 6.33 Å². The Morgan fingerprint density at radius 3 is 3.00 bits per heavy atom. The third-order valence-corrected chi connectivity index (χ3v) is 3.61. The molecule has 0 spiro atoms. The van der Waals surface area contributed by atoms with Crippen LogP contribution in [-0.2, 0) is 4.74 Å². The predicted molar refractivity (Wildman–Crippen MR) is 71.5 cm³/mol. The number of fused-ring (bicyclic) bond motifs is 1. The highest BCUT2D eigenvalue weighted by Gasteiger charge is 2.36. The van der Waals surface area contributed by atoms with E-state index in [2.05, 4.69) is 20.3 Å². The van der Waals surface area contributed by atoms with Gasteiger partial charge in [-0.25, -0.2) is 15.0 Å². The van der Waals surface area contributed by atoms with E-state index in [0.29, 0.717) is 23.4 Å². The van der Waals surface area contributed by atoms with Crippen LogP contribution in [0, 0.1) is 0 Å². The Morgan fingerprint density at radius 2 is 2.35 bits per heavy atom. The van der Waals surface area contributed by atoms with E-state index in [9.17, 15) is 5.11 Å². The van der Waals surface area contributed by atoms with Gasteiger partial charge in [0.15, 0.2) is 17.0 Å². The van der Waals surface area contributed by atoms with Crippen molar-refractivity contribution in [2.24, 2.45) is 0 Å². The fourth-order valence-electron chi connectivity index (χ4n) is 2.36. The molecule has 1 saturated heterocycles. The molecule has 1 fully saturated rings. The molecule has 2 aromatic heterocycles. The zero-order valence-corrected chi connectivity index (χ0v) is 11.4. The number of aliphatic hydroxyl groups excluding tert-OH is 2. The minimum Gasteiger partial charge on any atom is -0.394 e. The van der Waals surface area contributed by atoms with Crippen LogP contribution in [-0.4, -0.2) is 55.6 Å². The van der Waals surface area contributed by atoms with Crippen molar-refractivity contribution in [3.05, 3.63) is 11.6 Å². The lowest BCUT2D eigenvalue weighted by Crippen LogP contribution is -2.24. The lowest BCUT2D eigenvalue weighted by molar-refractivity contribution is -0.0431. The van der Waals surface area contributed by atoms with Gasteiger partial charge in [-0.1, -0.05) is 0 Å². The van der Waals surface area contributed by atoms with Crippen LogP contribution < -0.4 is 5.32 Å². The molecule has 1 aliphatic heterocycles. The molecule has 3 atom stereocenters. The number of hydrogen-bond donors (Lipinski definition) is 3. The Labute approximate surface area is 119 Å². The first kappa shape index (κ1) is 13.5. The fourth-order valence-corrected chi connectivity index (χ4v) is 2.63. The third-order valence-electron chi connectivity index (χ3n) is 3.34. The van der Waals surface area contributed by atoms with Gasteiger partial charge in [0, 0.05) is 13.5 Å². The number of nitrogens with zero attached hydrogens (tertiary/aromatic N) is 4. The van der Waals surface area contributed by atoms with Crippen molar-refractivity contribution in [1.82, 2.24) is 19.5 Å². The van der Waals surface area contributed by atoms with E-state index in [-0.39, 0.29) is 11.9 Å². The zero-order valence-electron chi connectivity index (χ0n) is 10.7. The number of rotatable bonds is 3. The van der Waals surface area contributed by atoms with Gasteiger partial charge in [-0.2, -0.15) is 0 Å². The van der Waals surface area contributed by atoms with Crippen molar-refractivity contribution in [1.29, 1.82) is 0 Å². The summed E-state index contributed by atoms with van der Waals surface area (Å²) in [5.41, 5.74) is 1.05. The number of anilines is 1. The van der Waals surface area contributed by atoms with Gasteiger partial charge in [-0.3, -0.25) is 4.57 Å². The van der Waals surface area contributed by atoms with Gasteiger partial charge in [-0.05, 0) is 11.6 Å². The summed E-state index contributed by atoms with van der Waals surface area (Å²) in [5, 5.41) is 22.1. The molecule has 3 rings (SSSR count). The van der Waals surface area contributed by atoms with Crippen LogP contribution in [0.2, 0.25) is 5.28 Å². The number of aliphatic hydroxyl groups is 2. The van der Waals surface area contributed by atoms with Crippen molar-refractivity contribution in [2.45, 2.75) is 24.9 Å². The molecule has 0 aliphatic carbocycles. The summed E-state index contributed by atoms with van der Waals surface area (Å²) in [7, 11) is 1.73. The maximum atomic E-state index is 9.81. The van der Waals surface area contributed by atoms with Gasteiger partial charge < -0.3 is 20.3 Å². The van der Waals surface area contributed by atoms with Gasteiger partial charge in [0.1, 0.15) is 18.7 Å². The second-order valence-corrected chi connectivity index (χ2v) is 4.85. The number of ether oxygens (including phenoxy) is 1. The Morgan fingerprint density at radius 1 is 1.55 bits per heavy atom. The second kappa shape index (κ2) is 5.13. The van der Waals surface area contributed by atoms with Gasteiger partial charge in [0.05, 0.1) is 12.7 Å². The number of nitrogens with one attached hydrogen (secondary N) is 1. The molecule has 2 aromatic rings. The van der Waals surface area contributed by atoms with E-state index in [1.807, 2.05) is 0 Å². The summed E-state index contributed by atoms with van der Waals surface area (Å²) >= 11 is 6.15. The van der Waals surface area contributed by atoms with Crippen LogP contribution in [0.3, 0.4) is 0 Å². The maximum absolute atomic E-state index is 9.81. The minimum absolute atomic E-state index is 0.202. The van der Waals surface area contributed by atoms with Crippen LogP contribution in [0.4, 0.5) is 5.82 Å². The molecule has 20 heavy (non-hydrogen) atoms. The van der Waals surface area contributed by atoms with Gasteiger partial charge in [0.2, 0.25) is 5.28 Å². The summed E-state index contributed by atoms with van der Waals surface area (Å²) in [6.45, 7) is -0.251. The highest BCUT2D eigenvalue weighted by atomic mass is 35.5. The van der Waals surface area contributed by atoms with Gasteiger partial charge >= 0.3 is 0 Å². The van der Waals surface area contributed by atoms with E-state index < -0.39 is 18.4 Å². The van der Waals surface area contributed by atoms with Crippen molar-refractivity contribution in [3.8, 4) is 0 Å². The summed E-state index contributed by atoms with van der Waals surface area (Å²) in [6.07, 6.45) is -0.171. The second-order valence-electron chi connectivity index (χ2n) is 4.51. The lowest BCUT2D eigenvalue weighted by Gasteiger charge is -2.14. The average Bonchev–Trinajstić information content (AvgIpc) is 2.97. The van der Waals surface area contributed by atoms with Crippen molar-refractivity contribution in [2.75, 3.05) is 19.0 Å². The summed E-state index contributed by atoms with van der Waals surface area (Å²) in [4.78, 5) is 12.5. The van der Waals surface area contributed by atoms with E-state index in [1.54, 1.807) is 11.6 Å². The van der Waals surface area contributed by atoms with Gasteiger partial charge in [0.25, 0.3) is 0 Å². The Kier molecular flexibility index (Phi) is 3.47. The zero-order chi connectivity index (χ0) is 14.3. The smallest absolute Gasteiger partial charge is 0.207 e. The van der Waals surface area contributed by atoms with E-state index in [4.69, 9.17) is 21.4 Å². The summed E-state index contributed by atoms with van der Waals surface area (Å²) in [5.74, 6) is 0.563. The molecule has 3 N–H and O–H groups in total. The molecule has 0 aromatic carbocycles. The quantitative estimate of drug-likeness (QED) is 0.693. The van der Waals surface area contributed by atoms with Crippen molar-refractivity contribution in [3.63, 3.8) is 0 Å². The highest BCUT2D eigenvalue weighted by Crippen LogP contribution is 2.34. The first-order valence-electron chi connectivity index (χ1n) is 6.16. The Bertz CT molecular complexity index is 634. The standard InChI is InChI=1S/C11H14ClN5O3/c1-13-9-8-10(15-4-14-9)17(11(12)16-8)7-2-5(19)6(3-18)20-7/h4-7,18-19H,2-3H2,1H3,(H,13,14,15)/t5-,6+,7-/m1/s1. The van der Waals surface area contributed by atoms with Crippen LogP contribution in [0.1, 0.15) is 12.6 Å². The van der Waals surface area contributed by atoms with Crippen LogP contribution in [0.25, 0.3) is 11.2 Å². The van der Waals surface area contributed by atoms with Crippen LogP contribution in [0.5, 0.6) is 0 Å². The third kappa shape index (κ3) is 2.01. The molecular formula is C11H14ClN5O3. The first-order valence-corrected chi connectivity index (χ1v) is 6.54. The lowest BCUT2D eigenvalue weighted by atomic mass is 10.2. The normalized spacial score (nSPS) is 26.3. The summed E-state index contributed by atoms with van der Waals surface area (Å²) in [6, 6.07) is 0. The molecule has 0 bridgehead atoms. The first-order chi connectivity index (χ1) is 9.65. The van der Waals surface area contributed by atoms with Crippen molar-refractivity contribution >= 4 is 28.6 Å². The van der Waals surface area contributed by atoms with Crippen LogP contribution >= 0.6 is 11.6 Å². The van der Waals surface area contributed by atoms with Crippen molar-refractivity contribution < 1.29 is 14.9 Å². The highest BCUT2D eigenvalue weighted by molar-refractivity contribution is 6.29. The average molecular weight is 300 g/mol. The Balaban J connectivity index is 2.06. The molecule has 108 valence electrons. The number of hydrogen-bond acceptors (Lipinski definition) is 7. The predicted octanol–water partition coefficient (Wildman–Crippen LogP) is 0.162. The molecule has 0 radical (unpaired) electrons. The number of halogens is 1. The van der Waals surface area contributed by atoms with E-state index >= 15 is 0 Å². The molecular weight excluding hydrogens is 286 g/mol. The molecule has 1 aliphatic rings. The molecule has 0 amide bonds. The van der Waals surface area contributed by atoms with E-state index in [0.717, 1.165) is 0 Å². The van der Waals surface area contributed by atoms with Gasteiger partial charge in [-0.15, -0.1) is 0 Å². The number of aromatic nitrogens is 4. The largest absolute Gasteiger partial charge is 0.394 e. The number of imidazole rings is 1. The molecule has 9 heteroatoms. The maximum Gasteiger partial charge on any atom is 0.207 e. The Hall–Kier alpha value is -1.48. The minimum atomic E-state index is -0.746. The molecule has 3 heterocycles. The molecule has 8 nitrogen and oxygen atoms in total. The molecule has 0 saturated carbocycles. The van der Waals surface area contributed by atoms with Crippen LogP contribution in [0.15, 0.2) is 6.33 Å². The SMILES string of the molecule is CNc1ncnc2c1nc(Cl)n2[C@H]1C[C@@H](O)[C@H](CO)O1. The summed E-state index contributed by atoms with van der Waals surface area (Å²) < 4.78 is 7.18.